The summed E-state index contributed by atoms with van der Waals surface area (Å²) < 4.78 is 6.32. The Balaban J connectivity index is 1.86. The molecule has 2 nitrogen and oxygen atoms in total. The molecule has 0 saturated carbocycles. The molecule has 0 radical (unpaired) electrons. The number of hydrogen-bond donors (Lipinski definition) is 0. The van der Waals surface area contributed by atoms with Gasteiger partial charge in [-0.3, -0.25) is 0 Å². The number of anilines is 1. The Bertz CT molecular complexity index is 929. The van der Waals surface area contributed by atoms with Gasteiger partial charge in [-0.05, 0) is 50.1 Å². The highest BCUT2D eigenvalue weighted by Crippen LogP contribution is 2.46. The fourth-order valence-electron chi connectivity index (χ4n) is 3.89. The van der Waals surface area contributed by atoms with Crippen molar-refractivity contribution in [2.45, 2.75) is 39.0 Å². The zero-order valence-electron chi connectivity index (χ0n) is 16.7. The van der Waals surface area contributed by atoms with E-state index in [1.165, 1.54) is 22.4 Å². The SMILES string of the molecule is Cc1ccc(N2[C@H](c3ccccc3)C=C(OC(C)C)[C@H]2c2ccccc2)cc1. The third kappa shape index (κ3) is 3.68. The van der Waals surface area contributed by atoms with E-state index in [9.17, 15) is 0 Å². The van der Waals surface area contributed by atoms with Crippen LogP contribution < -0.4 is 4.90 Å². The van der Waals surface area contributed by atoms with Crippen molar-refractivity contribution in [2.75, 3.05) is 4.90 Å². The van der Waals surface area contributed by atoms with Gasteiger partial charge < -0.3 is 9.64 Å². The second kappa shape index (κ2) is 7.93. The molecule has 2 heteroatoms. The number of hydrogen-bond acceptors (Lipinski definition) is 2. The van der Waals surface area contributed by atoms with Gasteiger partial charge in [0.1, 0.15) is 11.8 Å². The molecular weight excluding hydrogens is 342 g/mol. The van der Waals surface area contributed by atoms with E-state index in [0.29, 0.717) is 0 Å². The number of benzene rings is 3. The van der Waals surface area contributed by atoms with Gasteiger partial charge in [0.05, 0.1) is 12.1 Å². The van der Waals surface area contributed by atoms with E-state index in [0.717, 1.165) is 5.76 Å². The third-order valence-electron chi connectivity index (χ3n) is 5.13. The van der Waals surface area contributed by atoms with E-state index >= 15 is 0 Å². The number of nitrogens with zero attached hydrogens (tertiary/aromatic N) is 1. The maximum absolute atomic E-state index is 6.32. The van der Waals surface area contributed by atoms with Gasteiger partial charge in [0.2, 0.25) is 0 Å². The van der Waals surface area contributed by atoms with Crippen LogP contribution in [-0.2, 0) is 4.74 Å². The summed E-state index contributed by atoms with van der Waals surface area (Å²) in [5, 5.41) is 0. The molecule has 0 aromatic heterocycles. The predicted molar refractivity (Wildman–Crippen MR) is 116 cm³/mol. The lowest BCUT2D eigenvalue weighted by atomic mass is 10.0. The molecule has 3 aromatic rings. The van der Waals surface area contributed by atoms with Crippen molar-refractivity contribution in [1.82, 2.24) is 0 Å². The fourth-order valence-corrected chi connectivity index (χ4v) is 3.89. The summed E-state index contributed by atoms with van der Waals surface area (Å²) in [6, 6.07) is 30.3. The Morgan fingerprint density at radius 2 is 1.32 bits per heavy atom. The van der Waals surface area contributed by atoms with E-state index in [-0.39, 0.29) is 18.2 Å². The normalized spacial score (nSPS) is 19.0. The minimum atomic E-state index is 0.0523. The molecule has 0 saturated heterocycles. The van der Waals surface area contributed by atoms with Crippen LogP contribution >= 0.6 is 0 Å². The average Bonchev–Trinajstić information content (AvgIpc) is 3.08. The van der Waals surface area contributed by atoms with Crippen molar-refractivity contribution in [3.8, 4) is 0 Å². The maximum Gasteiger partial charge on any atom is 0.122 e. The lowest BCUT2D eigenvalue weighted by Crippen LogP contribution is -2.28. The topological polar surface area (TPSA) is 12.5 Å². The van der Waals surface area contributed by atoms with Crippen molar-refractivity contribution < 1.29 is 4.74 Å². The van der Waals surface area contributed by atoms with Gasteiger partial charge in [0.15, 0.2) is 0 Å². The lowest BCUT2D eigenvalue weighted by molar-refractivity contribution is 0.136. The molecule has 0 spiro atoms. The summed E-state index contributed by atoms with van der Waals surface area (Å²) in [5.74, 6) is 1.02. The molecule has 0 N–H and O–H groups in total. The lowest BCUT2D eigenvalue weighted by Gasteiger charge is -2.34. The first-order valence-electron chi connectivity index (χ1n) is 9.97. The molecule has 4 rings (SSSR count). The largest absolute Gasteiger partial charge is 0.493 e. The van der Waals surface area contributed by atoms with Crippen molar-refractivity contribution >= 4 is 5.69 Å². The highest BCUT2D eigenvalue weighted by atomic mass is 16.5. The monoisotopic (exact) mass is 369 g/mol. The van der Waals surface area contributed by atoms with Crippen LogP contribution in [0.3, 0.4) is 0 Å². The third-order valence-corrected chi connectivity index (χ3v) is 5.13. The zero-order valence-corrected chi connectivity index (χ0v) is 16.7. The molecule has 0 aliphatic carbocycles. The highest BCUT2D eigenvalue weighted by Gasteiger charge is 2.38. The Hall–Kier alpha value is -3.00. The molecule has 0 bridgehead atoms. The standard InChI is InChI=1S/C26H27NO/c1-19(2)28-25-18-24(21-10-6-4-7-11-21)27(23-16-14-20(3)15-17-23)26(25)22-12-8-5-9-13-22/h4-19,24,26H,1-3H3/t24-,26+/m0/s1. The molecule has 3 aromatic carbocycles. The summed E-state index contributed by atoms with van der Waals surface area (Å²) in [7, 11) is 0. The minimum absolute atomic E-state index is 0.0523. The summed E-state index contributed by atoms with van der Waals surface area (Å²) in [5.41, 5.74) is 4.98. The van der Waals surface area contributed by atoms with E-state index in [1.54, 1.807) is 0 Å². The van der Waals surface area contributed by atoms with Gasteiger partial charge in [0.25, 0.3) is 0 Å². The van der Waals surface area contributed by atoms with Gasteiger partial charge in [-0.2, -0.15) is 0 Å². The molecule has 1 aliphatic rings. The Morgan fingerprint density at radius 1 is 0.750 bits per heavy atom. The molecule has 142 valence electrons. The van der Waals surface area contributed by atoms with Crippen LogP contribution in [0.5, 0.6) is 0 Å². The van der Waals surface area contributed by atoms with Crippen LogP contribution in [-0.4, -0.2) is 6.10 Å². The number of aryl methyl sites for hydroxylation is 1. The van der Waals surface area contributed by atoms with Crippen LogP contribution in [0, 0.1) is 6.92 Å². The van der Waals surface area contributed by atoms with Crippen molar-refractivity contribution in [3.05, 3.63) is 113 Å². The summed E-state index contributed by atoms with van der Waals surface area (Å²) in [6.07, 6.45) is 2.42. The van der Waals surface area contributed by atoms with E-state index in [1.807, 2.05) is 0 Å². The highest BCUT2D eigenvalue weighted by molar-refractivity contribution is 5.58. The molecule has 0 fully saturated rings. The second-order valence-electron chi connectivity index (χ2n) is 7.65. The van der Waals surface area contributed by atoms with Gasteiger partial charge in [-0.1, -0.05) is 78.4 Å². The molecule has 0 unspecified atom stereocenters. The molecule has 0 amide bonds. The molecule has 2 atom stereocenters. The quantitative estimate of drug-likeness (QED) is 0.502. The summed E-state index contributed by atoms with van der Waals surface area (Å²) in [6.45, 7) is 6.31. The number of rotatable bonds is 5. The van der Waals surface area contributed by atoms with E-state index in [4.69, 9.17) is 4.74 Å². The molecule has 1 aliphatic heterocycles. The fraction of sp³-hybridized carbons (Fsp3) is 0.231. The van der Waals surface area contributed by atoms with E-state index in [2.05, 4.69) is 117 Å². The minimum Gasteiger partial charge on any atom is -0.493 e. The molecule has 28 heavy (non-hydrogen) atoms. The zero-order chi connectivity index (χ0) is 19.5. The average molecular weight is 370 g/mol. The van der Waals surface area contributed by atoms with Crippen LogP contribution in [0.2, 0.25) is 0 Å². The van der Waals surface area contributed by atoms with Gasteiger partial charge >= 0.3 is 0 Å². The van der Waals surface area contributed by atoms with Gasteiger partial charge in [0, 0.05) is 5.69 Å². The van der Waals surface area contributed by atoms with Gasteiger partial charge in [-0.15, -0.1) is 0 Å². The maximum atomic E-state index is 6.32. The first-order chi connectivity index (χ1) is 13.6. The molecular formula is C26H27NO. The van der Waals surface area contributed by atoms with Crippen molar-refractivity contribution in [1.29, 1.82) is 0 Å². The van der Waals surface area contributed by atoms with Gasteiger partial charge in [-0.25, -0.2) is 0 Å². The van der Waals surface area contributed by atoms with Crippen LogP contribution in [0.1, 0.15) is 42.6 Å². The van der Waals surface area contributed by atoms with Crippen LogP contribution in [0.15, 0.2) is 96.8 Å². The Kier molecular flexibility index (Phi) is 5.21. The first kappa shape index (κ1) is 18.4. The summed E-state index contributed by atoms with van der Waals surface area (Å²) >= 11 is 0. The van der Waals surface area contributed by atoms with Crippen molar-refractivity contribution in [3.63, 3.8) is 0 Å². The molecule has 1 heterocycles. The van der Waals surface area contributed by atoms with Crippen LogP contribution in [0.25, 0.3) is 0 Å². The van der Waals surface area contributed by atoms with E-state index < -0.39 is 0 Å². The Morgan fingerprint density at radius 3 is 1.89 bits per heavy atom. The van der Waals surface area contributed by atoms with Crippen molar-refractivity contribution in [2.24, 2.45) is 0 Å². The second-order valence-corrected chi connectivity index (χ2v) is 7.65. The predicted octanol–water partition coefficient (Wildman–Crippen LogP) is 6.61. The first-order valence-corrected chi connectivity index (χ1v) is 9.97. The van der Waals surface area contributed by atoms with Crippen LogP contribution in [0.4, 0.5) is 5.69 Å². The Labute approximate surface area is 168 Å². The summed E-state index contributed by atoms with van der Waals surface area (Å²) in [4.78, 5) is 2.47. The smallest absolute Gasteiger partial charge is 0.122 e. The number of ether oxygens (including phenoxy) is 1.